The predicted molar refractivity (Wildman–Crippen MR) is 201 cm³/mol. The second kappa shape index (κ2) is 22.4. The number of ketones is 1. The number of quaternary nitrogens is 1. The van der Waals surface area contributed by atoms with Gasteiger partial charge in [0.25, 0.3) is 0 Å². The fourth-order valence-electron chi connectivity index (χ4n) is 6.47. The summed E-state index contributed by atoms with van der Waals surface area (Å²) in [5.74, 6) is -0.923. The first-order chi connectivity index (χ1) is 23.4. The lowest BCUT2D eigenvalue weighted by molar-refractivity contribution is -0.870. The molecule has 2 aromatic carbocycles. The fraction of sp³-hybridized carbons (Fsp3) is 0.610. The van der Waals surface area contributed by atoms with E-state index in [1.54, 1.807) is 24.3 Å². The Hall–Kier alpha value is -2.49. The molecule has 0 heterocycles. The molecule has 1 amide bonds. The minimum Gasteiger partial charge on any atom is -1.00 e. The largest absolute Gasteiger partial charge is 1.00 e. The lowest BCUT2D eigenvalue weighted by atomic mass is 9.83. The first-order valence-electron chi connectivity index (χ1n) is 18.8. The number of sulfone groups is 1. The summed E-state index contributed by atoms with van der Waals surface area (Å²) in [5.41, 5.74) is 2.83. The molecule has 280 valence electrons. The molecule has 0 fully saturated rings. The summed E-state index contributed by atoms with van der Waals surface area (Å²) in [6.45, 7) is 5.79. The average molecular weight is 776 g/mol. The Bertz CT molecular complexity index is 1420. The monoisotopic (exact) mass is 774 g/mol. The van der Waals surface area contributed by atoms with Crippen molar-refractivity contribution >= 4 is 21.7 Å². The van der Waals surface area contributed by atoms with Crippen molar-refractivity contribution in [2.75, 3.05) is 34.3 Å². The van der Waals surface area contributed by atoms with E-state index in [0.717, 1.165) is 68.0 Å². The Morgan fingerprint density at radius 2 is 1.28 bits per heavy atom. The highest BCUT2D eigenvalue weighted by Gasteiger charge is 2.39. The van der Waals surface area contributed by atoms with Crippen LogP contribution in [0.2, 0.25) is 0 Å². The quantitative estimate of drug-likeness (QED) is 0.0697. The summed E-state index contributed by atoms with van der Waals surface area (Å²) >= 11 is 0. The Morgan fingerprint density at radius 3 is 1.84 bits per heavy atom. The molecule has 9 heteroatoms. The first kappa shape index (κ1) is 43.7. The molecule has 0 saturated carbocycles. The van der Waals surface area contributed by atoms with Gasteiger partial charge in [0, 0.05) is 11.5 Å². The van der Waals surface area contributed by atoms with E-state index in [1.807, 2.05) is 36.4 Å². The van der Waals surface area contributed by atoms with Crippen molar-refractivity contribution in [2.24, 2.45) is 5.92 Å². The molecule has 1 aliphatic carbocycles. The number of carbonyl (C=O) groups is 2. The normalized spacial score (nSPS) is 17.6. The smallest absolute Gasteiger partial charge is 0.407 e. The Labute approximate surface area is 313 Å². The molecule has 0 aliphatic heterocycles. The maximum absolute atomic E-state index is 14.0. The zero-order chi connectivity index (χ0) is 35.7. The van der Waals surface area contributed by atoms with E-state index in [1.165, 1.54) is 44.1 Å². The molecule has 3 atom stereocenters. The first-order valence-corrected chi connectivity index (χ1v) is 20.4. The van der Waals surface area contributed by atoms with E-state index in [4.69, 9.17) is 4.74 Å². The number of hydrogen-bond donors (Lipinski definition) is 1. The zero-order valence-corrected chi connectivity index (χ0v) is 33.7. The maximum atomic E-state index is 14.0. The summed E-state index contributed by atoms with van der Waals surface area (Å²) < 4.78 is 34.1. The number of Topliss-reactive ketones (excluding diaryl/α,β-unsaturated/α-hetero) is 1. The Balaban J connectivity index is 0.00000867. The molecular weight excluding hydrogens is 712 g/mol. The van der Waals surface area contributed by atoms with Gasteiger partial charge in [-0.3, -0.25) is 4.79 Å². The number of benzene rings is 2. The van der Waals surface area contributed by atoms with Gasteiger partial charge in [0.15, 0.2) is 15.6 Å². The number of ether oxygens (including phenoxy) is 1. The molecule has 0 bridgehead atoms. The van der Waals surface area contributed by atoms with Crippen LogP contribution in [0.4, 0.5) is 4.79 Å². The lowest BCUT2D eigenvalue weighted by Crippen LogP contribution is -3.00. The number of unbranched alkanes of at least 4 members (excludes halogenated alkanes) is 9. The highest BCUT2D eigenvalue weighted by molar-refractivity contribution is 7.92. The summed E-state index contributed by atoms with van der Waals surface area (Å²) in [6, 6.07) is 14.2. The minimum atomic E-state index is -3.75. The molecule has 7 nitrogen and oxygen atoms in total. The van der Waals surface area contributed by atoms with E-state index in [-0.39, 0.29) is 34.1 Å². The average Bonchev–Trinajstić information content (AvgIpc) is 3.08. The van der Waals surface area contributed by atoms with Crippen LogP contribution in [0.15, 0.2) is 65.6 Å². The van der Waals surface area contributed by atoms with Crippen molar-refractivity contribution in [1.29, 1.82) is 0 Å². The standard InChI is InChI=1S/C41H62N2O5S.BrH/c1-6-8-10-14-18-33-20-24-35(25-21-33)40(44)38-32-37(49(46,47)36-26-22-34(23-27-36)19-15-11-9-7-2)28-29-39(38)42-41(45)48-31-17-13-12-16-30-43(3,4)5;/h20-29,37-39H,6-19,30-32H2,1-5H3;1H/t37-,38+,39+;/m1./s1. The third kappa shape index (κ3) is 15.0. The summed E-state index contributed by atoms with van der Waals surface area (Å²) in [7, 11) is 2.79. The summed E-state index contributed by atoms with van der Waals surface area (Å²) in [6.07, 6.45) is 18.0. The third-order valence-corrected chi connectivity index (χ3v) is 11.6. The maximum Gasteiger partial charge on any atom is 0.407 e. The van der Waals surface area contributed by atoms with Crippen molar-refractivity contribution in [2.45, 2.75) is 126 Å². The van der Waals surface area contributed by atoms with Crippen molar-refractivity contribution in [3.63, 3.8) is 0 Å². The van der Waals surface area contributed by atoms with E-state index < -0.39 is 33.1 Å². The van der Waals surface area contributed by atoms with Gasteiger partial charge in [0.1, 0.15) is 0 Å². The highest BCUT2D eigenvalue weighted by Crippen LogP contribution is 2.31. The SMILES string of the molecule is CCCCCCc1ccc(C(=O)[C@H]2C[C@H](S(=O)(=O)c3ccc(CCCCCC)cc3)C=C[C@@H]2NC(=O)OCCCCCC[N+](C)(C)C)cc1.[Br-]. The number of hydrogen-bond acceptors (Lipinski definition) is 5. The molecule has 0 spiro atoms. The summed E-state index contributed by atoms with van der Waals surface area (Å²) in [5, 5.41) is 2.00. The van der Waals surface area contributed by atoms with Gasteiger partial charge in [0.2, 0.25) is 0 Å². The van der Waals surface area contributed by atoms with E-state index in [2.05, 4.69) is 40.3 Å². The van der Waals surface area contributed by atoms with Gasteiger partial charge in [-0.05, 0) is 81.0 Å². The molecule has 1 aliphatic rings. The van der Waals surface area contributed by atoms with Crippen LogP contribution in [0.1, 0.15) is 119 Å². The van der Waals surface area contributed by atoms with E-state index in [9.17, 15) is 18.0 Å². The van der Waals surface area contributed by atoms with Crippen LogP contribution in [-0.2, 0) is 27.4 Å². The van der Waals surface area contributed by atoms with Crippen molar-refractivity contribution in [3.05, 3.63) is 77.4 Å². The molecule has 2 aromatic rings. The third-order valence-electron chi connectivity index (χ3n) is 9.56. The molecule has 1 N–H and O–H groups in total. The Kier molecular flexibility index (Phi) is 19.6. The van der Waals surface area contributed by atoms with Gasteiger partial charge < -0.3 is 31.5 Å². The second-order valence-electron chi connectivity index (χ2n) is 14.9. The number of halogens is 1. The van der Waals surface area contributed by atoms with Gasteiger partial charge >= 0.3 is 6.09 Å². The Morgan fingerprint density at radius 1 is 0.740 bits per heavy atom. The highest BCUT2D eigenvalue weighted by atomic mass is 79.9. The second-order valence-corrected chi connectivity index (χ2v) is 17.0. The fourth-order valence-corrected chi connectivity index (χ4v) is 8.09. The predicted octanol–water partition coefficient (Wildman–Crippen LogP) is 5.90. The number of alkyl carbamates (subject to hydrolysis) is 1. The van der Waals surface area contributed by atoms with Crippen LogP contribution in [0.5, 0.6) is 0 Å². The van der Waals surface area contributed by atoms with E-state index >= 15 is 0 Å². The molecular formula is C41H63BrN2O5S. The number of nitrogens with zero attached hydrogens (tertiary/aromatic N) is 1. The van der Waals surface area contributed by atoms with Crippen LogP contribution < -0.4 is 22.3 Å². The van der Waals surface area contributed by atoms with Crippen LogP contribution in [0.25, 0.3) is 0 Å². The number of nitrogens with one attached hydrogen (secondary N) is 1. The number of aryl methyl sites for hydroxylation is 2. The zero-order valence-electron chi connectivity index (χ0n) is 31.3. The van der Waals surface area contributed by atoms with Crippen molar-refractivity contribution < 1.29 is 44.2 Å². The molecule has 0 aromatic heterocycles. The molecule has 0 radical (unpaired) electrons. The summed E-state index contributed by atoms with van der Waals surface area (Å²) in [4.78, 5) is 27.1. The number of rotatable bonds is 22. The van der Waals surface area contributed by atoms with Crippen LogP contribution in [0, 0.1) is 5.92 Å². The lowest BCUT2D eigenvalue weighted by Gasteiger charge is -2.31. The van der Waals surface area contributed by atoms with Gasteiger partial charge in [-0.15, -0.1) is 0 Å². The van der Waals surface area contributed by atoms with Crippen LogP contribution >= 0.6 is 0 Å². The minimum absolute atomic E-state index is 0. The molecule has 0 saturated heterocycles. The van der Waals surface area contributed by atoms with Crippen molar-refractivity contribution in [1.82, 2.24) is 5.32 Å². The molecule has 50 heavy (non-hydrogen) atoms. The molecule has 0 unspecified atom stereocenters. The van der Waals surface area contributed by atoms with Gasteiger partial charge in [-0.25, -0.2) is 13.2 Å². The van der Waals surface area contributed by atoms with Crippen LogP contribution in [-0.4, -0.2) is 70.4 Å². The van der Waals surface area contributed by atoms with Gasteiger partial charge in [0.05, 0.1) is 50.5 Å². The van der Waals surface area contributed by atoms with Crippen LogP contribution in [0.3, 0.4) is 0 Å². The number of amides is 1. The topological polar surface area (TPSA) is 89.5 Å². The van der Waals surface area contributed by atoms with Crippen molar-refractivity contribution in [3.8, 4) is 0 Å². The van der Waals surface area contributed by atoms with E-state index in [0.29, 0.717) is 12.2 Å². The van der Waals surface area contributed by atoms with Gasteiger partial charge in [-0.2, -0.15) is 0 Å². The number of carbonyl (C=O) groups excluding carboxylic acids is 2. The van der Waals surface area contributed by atoms with Gasteiger partial charge in [-0.1, -0.05) is 101 Å². The molecule has 3 rings (SSSR count).